The Morgan fingerprint density at radius 3 is 2.33 bits per heavy atom. The number of hydrogen-bond acceptors (Lipinski definition) is 3. The van der Waals surface area contributed by atoms with Crippen molar-refractivity contribution in [2.75, 3.05) is 16.8 Å². The van der Waals surface area contributed by atoms with E-state index in [0.29, 0.717) is 11.3 Å². The summed E-state index contributed by atoms with van der Waals surface area (Å²) in [6.07, 6.45) is 0.137. The second-order valence-electron chi connectivity index (χ2n) is 7.39. The maximum absolute atomic E-state index is 12.4. The number of anilines is 2. The van der Waals surface area contributed by atoms with Crippen LogP contribution >= 0.6 is 0 Å². The van der Waals surface area contributed by atoms with Crippen LogP contribution in [0.5, 0.6) is 0 Å². The van der Waals surface area contributed by atoms with E-state index in [2.05, 4.69) is 32.2 Å². The second kappa shape index (κ2) is 8.50. The lowest BCUT2D eigenvalue weighted by atomic mass is 9.85. The van der Waals surface area contributed by atoms with Gasteiger partial charge in [0, 0.05) is 25.6 Å². The van der Waals surface area contributed by atoms with Crippen molar-refractivity contribution in [2.24, 2.45) is 0 Å². The van der Waals surface area contributed by atoms with Gasteiger partial charge >= 0.3 is 0 Å². The van der Waals surface area contributed by atoms with Crippen LogP contribution < -0.4 is 10.2 Å². The molecule has 27 heavy (non-hydrogen) atoms. The van der Waals surface area contributed by atoms with Crippen LogP contribution in [-0.2, 0) is 15.0 Å². The quantitative estimate of drug-likeness (QED) is 0.863. The normalized spacial score (nSPS) is 10.8. The van der Waals surface area contributed by atoms with Crippen LogP contribution in [0.2, 0.25) is 0 Å². The van der Waals surface area contributed by atoms with Gasteiger partial charge in [0.1, 0.15) is 6.07 Å². The Balaban J connectivity index is 2.16. The molecule has 0 unspecified atom stereocenters. The van der Waals surface area contributed by atoms with E-state index in [4.69, 9.17) is 5.26 Å². The average molecular weight is 363 g/mol. The van der Waals surface area contributed by atoms with E-state index < -0.39 is 0 Å². The van der Waals surface area contributed by atoms with E-state index in [1.807, 2.05) is 24.3 Å². The van der Waals surface area contributed by atoms with Gasteiger partial charge in [-0.15, -0.1) is 0 Å². The predicted octanol–water partition coefficient (Wildman–Crippen LogP) is 4.24. The molecule has 1 N–H and O–H groups in total. The fourth-order valence-corrected chi connectivity index (χ4v) is 2.91. The van der Waals surface area contributed by atoms with Crippen molar-refractivity contribution in [3.63, 3.8) is 0 Å². The summed E-state index contributed by atoms with van der Waals surface area (Å²) in [5, 5.41) is 11.9. The number of rotatable bonds is 5. The van der Waals surface area contributed by atoms with Crippen LogP contribution in [0.15, 0.2) is 48.5 Å². The summed E-state index contributed by atoms with van der Waals surface area (Å²) in [5.74, 6) is -0.353. The zero-order chi connectivity index (χ0) is 20.0. The SMILES string of the molecule is CC(=O)N(CCC(=O)Nc1ccccc1C#N)c1ccccc1C(C)(C)C. The minimum atomic E-state index is -0.239. The van der Waals surface area contributed by atoms with Crippen LogP contribution in [0, 0.1) is 11.3 Å². The van der Waals surface area contributed by atoms with Crippen molar-refractivity contribution in [3.05, 3.63) is 59.7 Å². The maximum Gasteiger partial charge on any atom is 0.226 e. The highest BCUT2D eigenvalue weighted by Crippen LogP contribution is 2.32. The average Bonchev–Trinajstić information content (AvgIpc) is 2.61. The van der Waals surface area contributed by atoms with Crippen LogP contribution in [0.1, 0.15) is 45.2 Å². The van der Waals surface area contributed by atoms with Gasteiger partial charge in [0.05, 0.1) is 11.3 Å². The minimum Gasteiger partial charge on any atom is -0.325 e. The molecule has 0 heterocycles. The first-order valence-electron chi connectivity index (χ1n) is 8.90. The van der Waals surface area contributed by atoms with Crippen molar-refractivity contribution >= 4 is 23.2 Å². The third kappa shape index (κ3) is 5.18. The van der Waals surface area contributed by atoms with Crippen LogP contribution in [0.4, 0.5) is 11.4 Å². The number of nitrogens with one attached hydrogen (secondary N) is 1. The predicted molar refractivity (Wildman–Crippen MR) is 108 cm³/mol. The Hall–Kier alpha value is -3.13. The molecule has 140 valence electrons. The van der Waals surface area contributed by atoms with Crippen molar-refractivity contribution in [3.8, 4) is 6.07 Å². The molecule has 0 aliphatic carbocycles. The summed E-state index contributed by atoms with van der Waals surface area (Å²) >= 11 is 0. The van der Waals surface area contributed by atoms with Gasteiger partial charge in [0.15, 0.2) is 0 Å². The van der Waals surface area contributed by atoms with E-state index in [1.54, 1.807) is 29.2 Å². The smallest absolute Gasteiger partial charge is 0.226 e. The number of carbonyl (C=O) groups is 2. The monoisotopic (exact) mass is 363 g/mol. The maximum atomic E-state index is 12.4. The zero-order valence-electron chi connectivity index (χ0n) is 16.2. The van der Waals surface area contributed by atoms with Gasteiger partial charge < -0.3 is 10.2 Å². The molecule has 0 saturated heterocycles. The molecule has 0 fully saturated rings. The molecule has 0 spiro atoms. The molecule has 0 atom stereocenters. The molecule has 2 amide bonds. The summed E-state index contributed by atoms with van der Waals surface area (Å²) in [6, 6.07) is 16.7. The van der Waals surface area contributed by atoms with Crippen LogP contribution in [0.25, 0.3) is 0 Å². The number of carbonyl (C=O) groups excluding carboxylic acids is 2. The molecule has 2 rings (SSSR count). The lowest BCUT2D eigenvalue weighted by molar-refractivity contribution is -0.117. The van der Waals surface area contributed by atoms with Crippen molar-refractivity contribution in [1.29, 1.82) is 5.26 Å². The summed E-state index contributed by atoms with van der Waals surface area (Å²) < 4.78 is 0. The molecule has 0 radical (unpaired) electrons. The number of benzene rings is 2. The Labute approximate surface area is 160 Å². The van der Waals surface area contributed by atoms with Gasteiger partial charge in [-0.1, -0.05) is 51.1 Å². The Kier molecular flexibility index (Phi) is 6.36. The largest absolute Gasteiger partial charge is 0.325 e. The summed E-state index contributed by atoms with van der Waals surface area (Å²) in [5.41, 5.74) is 2.64. The van der Waals surface area contributed by atoms with E-state index in [1.165, 1.54) is 6.92 Å². The van der Waals surface area contributed by atoms with E-state index in [9.17, 15) is 9.59 Å². The number of nitriles is 1. The molecular formula is C22H25N3O2. The van der Waals surface area contributed by atoms with Crippen LogP contribution in [-0.4, -0.2) is 18.4 Å². The van der Waals surface area contributed by atoms with Gasteiger partial charge in [-0.05, 0) is 29.2 Å². The van der Waals surface area contributed by atoms with Gasteiger partial charge in [-0.25, -0.2) is 0 Å². The molecule has 0 aromatic heterocycles. The first kappa shape index (κ1) is 20.2. The fourth-order valence-electron chi connectivity index (χ4n) is 2.91. The fraction of sp³-hybridized carbons (Fsp3) is 0.318. The van der Waals surface area contributed by atoms with Gasteiger partial charge in [-0.3, -0.25) is 9.59 Å². The number of hydrogen-bond donors (Lipinski definition) is 1. The Morgan fingerprint density at radius 1 is 1.07 bits per heavy atom. The highest BCUT2D eigenvalue weighted by Gasteiger charge is 2.23. The molecule has 5 heteroatoms. The molecule has 0 aliphatic rings. The third-order valence-electron chi connectivity index (χ3n) is 4.27. The molecule has 5 nitrogen and oxygen atoms in total. The number of para-hydroxylation sites is 2. The minimum absolute atomic E-state index is 0.114. The summed E-state index contributed by atoms with van der Waals surface area (Å²) in [6.45, 7) is 8.05. The van der Waals surface area contributed by atoms with Crippen LogP contribution in [0.3, 0.4) is 0 Å². The van der Waals surface area contributed by atoms with Gasteiger partial charge in [0.25, 0.3) is 0 Å². The zero-order valence-corrected chi connectivity index (χ0v) is 16.2. The van der Waals surface area contributed by atoms with E-state index >= 15 is 0 Å². The lowest BCUT2D eigenvalue weighted by Gasteiger charge is -2.29. The second-order valence-corrected chi connectivity index (χ2v) is 7.39. The highest BCUT2D eigenvalue weighted by molar-refractivity contribution is 5.96. The standard InChI is InChI=1S/C22H25N3O2/c1-16(26)25(20-12-8-6-10-18(20)22(2,3)4)14-13-21(27)24-19-11-7-5-9-17(19)15-23/h5-12H,13-14H2,1-4H3,(H,24,27). The van der Waals surface area contributed by atoms with Crippen molar-refractivity contribution < 1.29 is 9.59 Å². The van der Waals surface area contributed by atoms with Gasteiger partial charge in [-0.2, -0.15) is 5.26 Å². The molecule has 2 aromatic rings. The summed E-state index contributed by atoms with van der Waals surface area (Å²) in [7, 11) is 0. The number of nitrogens with zero attached hydrogens (tertiary/aromatic N) is 2. The molecule has 2 aromatic carbocycles. The third-order valence-corrected chi connectivity index (χ3v) is 4.27. The Bertz CT molecular complexity index is 876. The first-order chi connectivity index (χ1) is 12.7. The van der Waals surface area contributed by atoms with Crippen molar-refractivity contribution in [2.45, 2.75) is 39.5 Å². The topological polar surface area (TPSA) is 73.2 Å². The van der Waals surface area contributed by atoms with E-state index in [0.717, 1.165) is 11.3 Å². The molecule has 0 aliphatic heterocycles. The summed E-state index contributed by atoms with van der Waals surface area (Å²) in [4.78, 5) is 26.2. The Morgan fingerprint density at radius 2 is 1.70 bits per heavy atom. The lowest BCUT2D eigenvalue weighted by Crippen LogP contribution is -2.34. The molecular weight excluding hydrogens is 338 g/mol. The molecule has 0 bridgehead atoms. The van der Waals surface area contributed by atoms with Crippen molar-refractivity contribution in [1.82, 2.24) is 0 Å². The number of amides is 2. The highest BCUT2D eigenvalue weighted by atomic mass is 16.2. The van der Waals surface area contributed by atoms with Gasteiger partial charge in [0.2, 0.25) is 11.8 Å². The molecule has 0 saturated carbocycles. The van der Waals surface area contributed by atoms with E-state index in [-0.39, 0.29) is 30.2 Å². The first-order valence-corrected chi connectivity index (χ1v) is 8.90.